The molecule has 1 nitrogen and oxygen atoms in total. The Hall–Kier alpha value is -1.60. The summed E-state index contributed by atoms with van der Waals surface area (Å²) in [6.07, 6.45) is 2.60. The summed E-state index contributed by atoms with van der Waals surface area (Å²) >= 11 is 0. The van der Waals surface area contributed by atoms with Gasteiger partial charge in [0.2, 0.25) is 0 Å². The van der Waals surface area contributed by atoms with Gasteiger partial charge in [-0.25, -0.2) is 0 Å². The van der Waals surface area contributed by atoms with Gasteiger partial charge in [0.05, 0.1) is 0 Å². The van der Waals surface area contributed by atoms with Gasteiger partial charge in [0, 0.05) is 12.0 Å². The Labute approximate surface area is 127 Å². The van der Waals surface area contributed by atoms with E-state index in [1.807, 2.05) is 0 Å². The largest absolute Gasteiger partial charge is 0.313 e. The molecule has 0 bridgehead atoms. The standard InChI is InChI=1S/C20H23N/c1-2-21-20(18-12-15-10-6-7-11-16(15)18)19-13-17(19)14-8-4-3-5-9-14/h3-11,17-21H,2,12-13H2,1H3. The fourth-order valence-electron chi connectivity index (χ4n) is 4.14. The lowest BCUT2D eigenvalue weighted by atomic mass is 9.72. The second kappa shape index (κ2) is 5.31. The quantitative estimate of drug-likeness (QED) is 0.867. The van der Waals surface area contributed by atoms with Crippen molar-refractivity contribution in [1.82, 2.24) is 5.32 Å². The van der Waals surface area contributed by atoms with Crippen LogP contribution in [0.15, 0.2) is 54.6 Å². The molecular formula is C20H23N. The van der Waals surface area contributed by atoms with Crippen LogP contribution in [0.3, 0.4) is 0 Å². The van der Waals surface area contributed by atoms with Gasteiger partial charge in [-0.2, -0.15) is 0 Å². The highest BCUT2D eigenvalue weighted by Gasteiger charge is 2.48. The van der Waals surface area contributed by atoms with Gasteiger partial charge in [-0.05, 0) is 47.9 Å². The minimum absolute atomic E-state index is 0.648. The number of benzene rings is 2. The van der Waals surface area contributed by atoms with Crippen LogP contribution in [0.1, 0.15) is 41.9 Å². The molecule has 0 spiro atoms. The van der Waals surface area contributed by atoms with E-state index in [2.05, 4.69) is 66.8 Å². The Bertz CT molecular complexity index is 619. The zero-order valence-electron chi connectivity index (χ0n) is 12.6. The molecule has 21 heavy (non-hydrogen) atoms. The molecule has 108 valence electrons. The SMILES string of the molecule is CCNC(C1Cc2ccccc21)C1CC1c1ccccc1. The normalized spacial score (nSPS) is 27.6. The van der Waals surface area contributed by atoms with Gasteiger partial charge in [-0.15, -0.1) is 0 Å². The molecule has 0 heterocycles. The fourth-order valence-corrected chi connectivity index (χ4v) is 4.14. The van der Waals surface area contributed by atoms with Crippen LogP contribution in [-0.4, -0.2) is 12.6 Å². The van der Waals surface area contributed by atoms with Gasteiger partial charge in [0.15, 0.2) is 0 Å². The van der Waals surface area contributed by atoms with Crippen LogP contribution in [0.2, 0.25) is 0 Å². The summed E-state index contributed by atoms with van der Waals surface area (Å²) in [6.45, 7) is 3.30. The van der Waals surface area contributed by atoms with Crippen LogP contribution >= 0.6 is 0 Å². The van der Waals surface area contributed by atoms with Gasteiger partial charge >= 0.3 is 0 Å². The molecule has 1 saturated carbocycles. The lowest BCUT2D eigenvalue weighted by molar-refractivity contribution is 0.365. The van der Waals surface area contributed by atoms with Crippen molar-refractivity contribution in [2.24, 2.45) is 5.92 Å². The molecule has 2 aliphatic carbocycles. The summed E-state index contributed by atoms with van der Waals surface area (Å²) < 4.78 is 0. The predicted octanol–water partition coefficient (Wildman–Crippen LogP) is 4.11. The molecule has 1 heteroatoms. The van der Waals surface area contributed by atoms with Gasteiger partial charge < -0.3 is 5.32 Å². The Morgan fingerprint density at radius 2 is 1.81 bits per heavy atom. The molecule has 2 aromatic rings. The lowest BCUT2D eigenvalue weighted by Gasteiger charge is -2.37. The zero-order chi connectivity index (χ0) is 14.2. The molecular weight excluding hydrogens is 254 g/mol. The summed E-state index contributed by atoms with van der Waals surface area (Å²) in [5.41, 5.74) is 4.67. The van der Waals surface area contributed by atoms with Crippen LogP contribution in [0, 0.1) is 5.92 Å². The number of fused-ring (bicyclic) bond motifs is 1. The van der Waals surface area contributed by atoms with E-state index in [1.54, 1.807) is 11.1 Å². The topological polar surface area (TPSA) is 12.0 Å². The lowest BCUT2D eigenvalue weighted by Crippen LogP contribution is -2.41. The summed E-state index contributed by atoms with van der Waals surface area (Å²) in [6, 6.07) is 20.7. The minimum atomic E-state index is 0.648. The minimum Gasteiger partial charge on any atom is -0.313 e. The maximum atomic E-state index is 3.79. The third-order valence-corrected chi connectivity index (χ3v) is 5.30. The van der Waals surface area contributed by atoms with Gasteiger partial charge in [-0.1, -0.05) is 61.5 Å². The summed E-state index contributed by atoms with van der Waals surface area (Å²) in [5.74, 6) is 2.30. The molecule has 0 amide bonds. The fraction of sp³-hybridized carbons (Fsp3) is 0.400. The van der Waals surface area contributed by atoms with Crippen LogP contribution < -0.4 is 5.32 Å². The maximum absolute atomic E-state index is 3.79. The third-order valence-electron chi connectivity index (χ3n) is 5.30. The molecule has 0 aromatic heterocycles. The number of rotatable bonds is 5. The van der Waals surface area contributed by atoms with E-state index < -0.39 is 0 Å². The number of hydrogen-bond donors (Lipinski definition) is 1. The summed E-state index contributed by atoms with van der Waals surface area (Å²) in [7, 11) is 0. The van der Waals surface area contributed by atoms with E-state index in [1.165, 1.54) is 18.4 Å². The second-order valence-corrected chi connectivity index (χ2v) is 6.51. The molecule has 4 rings (SSSR count). The van der Waals surface area contributed by atoms with Crippen molar-refractivity contribution in [2.75, 3.05) is 6.54 Å². The number of hydrogen-bond acceptors (Lipinski definition) is 1. The highest BCUT2D eigenvalue weighted by molar-refractivity contribution is 5.42. The van der Waals surface area contributed by atoms with Crippen molar-refractivity contribution >= 4 is 0 Å². The Morgan fingerprint density at radius 1 is 1.05 bits per heavy atom. The highest BCUT2D eigenvalue weighted by atomic mass is 14.9. The molecule has 4 atom stereocenters. The first kappa shape index (κ1) is 13.1. The highest BCUT2D eigenvalue weighted by Crippen LogP contribution is 2.54. The number of likely N-dealkylation sites (N-methyl/N-ethyl adjacent to an activating group) is 1. The van der Waals surface area contributed by atoms with Crippen molar-refractivity contribution in [3.05, 3.63) is 71.3 Å². The monoisotopic (exact) mass is 277 g/mol. The molecule has 1 fully saturated rings. The molecule has 0 radical (unpaired) electrons. The Balaban J connectivity index is 1.53. The second-order valence-electron chi connectivity index (χ2n) is 6.51. The summed E-state index contributed by atoms with van der Waals surface area (Å²) in [5, 5.41) is 3.79. The van der Waals surface area contributed by atoms with Crippen LogP contribution in [0.25, 0.3) is 0 Å². The van der Waals surface area contributed by atoms with Crippen LogP contribution in [0.5, 0.6) is 0 Å². The van der Waals surface area contributed by atoms with E-state index in [0.717, 1.165) is 24.3 Å². The van der Waals surface area contributed by atoms with Crippen molar-refractivity contribution in [1.29, 1.82) is 0 Å². The average molecular weight is 277 g/mol. The Kier molecular flexibility index (Phi) is 3.31. The third kappa shape index (κ3) is 2.30. The van der Waals surface area contributed by atoms with E-state index in [-0.39, 0.29) is 0 Å². The molecule has 0 saturated heterocycles. The Morgan fingerprint density at radius 3 is 2.57 bits per heavy atom. The first-order valence-corrected chi connectivity index (χ1v) is 8.24. The predicted molar refractivity (Wildman–Crippen MR) is 87.6 cm³/mol. The maximum Gasteiger partial charge on any atom is 0.0173 e. The molecule has 4 unspecified atom stereocenters. The van der Waals surface area contributed by atoms with Gasteiger partial charge in [0.1, 0.15) is 0 Å². The van der Waals surface area contributed by atoms with Crippen molar-refractivity contribution in [3.63, 3.8) is 0 Å². The smallest absolute Gasteiger partial charge is 0.0173 e. The zero-order valence-corrected chi connectivity index (χ0v) is 12.6. The van der Waals surface area contributed by atoms with Crippen molar-refractivity contribution in [3.8, 4) is 0 Å². The molecule has 2 aliphatic rings. The number of nitrogens with one attached hydrogen (secondary N) is 1. The van der Waals surface area contributed by atoms with Crippen LogP contribution in [-0.2, 0) is 6.42 Å². The van der Waals surface area contributed by atoms with Gasteiger partial charge in [-0.3, -0.25) is 0 Å². The van der Waals surface area contributed by atoms with E-state index in [0.29, 0.717) is 6.04 Å². The average Bonchev–Trinajstić information content (AvgIpc) is 3.29. The van der Waals surface area contributed by atoms with E-state index >= 15 is 0 Å². The molecule has 1 N–H and O–H groups in total. The van der Waals surface area contributed by atoms with Crippen LogP contribution in [0.4, 0.5) is 0 Å². The summed E-state index contributed by atoms with van der Waals surface area (Å²) in [4.78, 5) is 0. The van der Waals surface area contributed by atoms with Gasteiger partial charge in [0.25, 0.3) is 0 Å². The van der Waals surface area contributed by atoms with E-state index in [9.17, 15) is 0 Å². The first-order chi connectivity index (χ1) is 10.4. The first-order valence-electron chi connectivity index (χ1n) is 8.24. The van der Waals surface area contributed by atoms with E-state index in [4.69, 9.17) is 0 Å². The van der Waals surface area contributed by atoms with Crippen molar-refractivity contribution in [2.45, 2.75) is 37.6 Å². The molecule has 2 aromatic carbocycles. The molecule has 0 aliphatic heterocycles. The van der Waals surface area contributed by atoms with Crippen molar-refractivity contribution < 1.29 is 0 Å².